The van der Waals surface area contributed by atoms with E-state index in [9.17, 15) is 5.11 Å². The normalized spacial score (nSPS) is 31.3. The maximum absolute atomic E-state index is 9.42. The lowest BCUT2D eigenvalue weighted by molar-refractivity contribution is -0.0906. The van der Waals surface area contributed by atoms with Crippen LogP contribution in [0.2, 0.25) is 0 Å². The number of morpholine rings is 1. The highest BCUT2D eigenvalue weighted by Crippen LogP contribution is 2.24. The van der Waals surface area contributed by atoms with Gasteiger partial charge in [0.2, 0.25) is 0 Å². The van der Waals surface area contributed by atoms with Crippen molar-refractivity contribution in [3.05, 3.63) is 0 Å². The van der Waals surface area contributed by atoms with Gasteiger partial charge in [-0.3, -0.25) is 4.90 Å². The zero-order valence-electron chi connectivity index (χ0n) is 10.6. The molecule has 96 valence electrons. The summed E-state index contributed by atoms with van der Waals surface area (Å²) in [5.41, 5.74) is -0.0500. The molecule has 1 aliphatic rings. The highest BCUT2D eigenvalue weighted by Gasteiger charge is 2.31. The molecule has 0 amide bonds. The summed E-state index contributed by atoms with van der Waals surface area (Å²) in [6.45, 7) is 8.89. The summed E-state index contributed by atoms with van der Waals surface area (Å²) < 4.78 is 5.50. The summed E-state index contributed by atoms with van der Waals surface area (Å²) in [6.07, 6.45) is 0.883. The zero-order chi connectivity index (χ0) is 12.2. The Hall–Kier alpha value is -0.160. The minimum Gasteiger partial charge on any atom is -0.396 e. The van der Waals surface area contributed by atoms with Gasteiger partial charge in [-0.15, -0.1) is 0 Å². The number of hydrogen-bond acceptors (Lipinski definition) is 4. The zero-order valence-corrected chi connectivity index (χ0v) is 10.6. The van der Waals surface area contributed by atoms with E-state index in [1.165, 1.54) is 0 Å². The van der Waals surface area contributed by atoms with E-state index < -0.39 is 0 Å². The van der Waals surface area contributed by atoms with Crippen molar-refractivity contribution in [3.8, 4) is 0 Å². The number of rotatable bonds is 5. The van der Waals surface area contributed by atoms with Gasteiger partial charge in [0.15, 0.2) is 0 Å². The van der Waals surface area contributed by atoms with Crippen LogP contribution in [0.4, 0.5) is 0 Å². The van der Waals surface area contributed by atoms with Gasteiger partial charge < -0.3 is 14.9 Å². The Morgan fingerprint density at radius 3 is 2.62 bits per heavy atom. The van der Waals surface area contributed by atoms with Crippen LogP contribution in [0, 0.1) is 5.41 Å². The molecule has 2 N–H and O–H groups in total. The van der Waals surface area contributed by atoms with Gasteiger partial charge in [-0.2, -0.15) is 0 Å². The van der Waals surface area contributed by atoms with E-state index in [0.717, 1.165) is 19.5 Å². The van der Waals surface area contributed by atoms with Gasteiger partial charge in [0.1, 0.15) is 0 Å². The third kappa shape index (κ3) is 3.42. The van der Waals surface area contributed by atoms with Gasteiger partial charge >= 0.3 is 0 Å². The van der Waals surface area contributed by atoms with Crippen LogP contribution in [0.3, 0.4) is 0 Å². The fourth-order valence-corrected chi connectivity index (χ4v) is 1.97. The Morgan fingerprint density at radius 1 is 1.44 bits per heavy atom. The first-order valence-corrected chi connectivity index (χ1v) is 6.12. The average molecular weight is 231 g/mol. The van der Waals surface area contributed by atoms with Crippen LogP contribution in [-0.4, -0.2) is 60.2 Å². The summed E-state index contributed by atoms with van der Waals surface area (Å²) in [5.74, 6) is 0. The van der Waals surface area contributed by atoms with Gasteiger partial charge in [-0.25, -0.2) is 0 Å². The lowest BCUT2D eigenvalue weighted by Gasteiger charge is -2.42. The number of ether oxygens (including phenoxy) is 1. The molecule has 0 radical (unpaired) electrons. The first kappa shape index (κ1) is 13.9. The highest BCUT2D eigenvalue weighted by molar-refractivity contribution is 4.83. The molecule has 0 bridgehead atoms. The second kappa shape index (κ2) is 5.96. The van der Waals surface area contributed by atoms with Crippen molar-refractivity contribution < 1.29 is 14.9 Å². The minimum absolute atomic E-state index is 0.0500. The molecule has 0 saturated carbocycles. The predicted molar refractivity (Wildman–Crippen MR) is 63.3 cm³/mol. The molecule has 1 saturated heterocycles. The Bertz CT molecular complexity index is 206. The molecule has 16 heavy (non-hydrogen) atoms. The van der Waals surface area contributed by atoms with Crippen molar-refractivity contribution in [2.24, 2.45) is 5.41 Å². The Morgan fingerprint density at radius 2 is 2.12 bits per heavy atom. The first-order valence-electron chi connectivity index (χ1n) is 6.12. The largest absolute Gasteiger partial charge is 0.396 e. The van der Waals surface area contributed by atoms with Gasteiger partial charge in [0.25, 0.3) is 0 Å². The third-order valence-corrected chi connectivity index (χ3v) is 3.66. The van der Waals surface area contributed by atoms with Crippen molar-refractivity contribution in [2.75, 3.05) is 32.9 Å². The van der Waals surface area contributed by atoms with Crippen LogP contribution in [0.1, 0.15) is 27.2 Å². The van der Waals surface area contributed by atoms with Crippen LogP contribution in [0.15, 0.2) is 0 Å². The molecule has 4 nitrogen and oxygen atoms in total. The molecule has 0 aromatic rings. The average Bonchev–Trinajstić information content (AvgIpc) is 2.32. The SMILES string of the molecule is CCC(C)(CO)CN1CC(CO)OCC1C. The molecule has 1 aliphatic heterocycles. The second-order valence-electron chi connectivity index (χ2n) is 5.24. The predicted octanol–water partition coefficient (Wildman–Crippen LogP) is 0.477. The third-order valence-electron chi connectivity index (χ3n) is 3.66. The molecule has 0 aliphatic carbocycles. The lowest BCUT2D eigenvalue weighted by atomic mass is 9.87. The quantitative estimate of drug-likeness (QED) is 0.722. The molecule has 0 aromatic carbocycles. The van der Waals surface area contributed by atoms with E-state index in [0.29, 0.717) is 12.6 Å². The number of hydrogen-bond donors (Lipinski definition) is 2. The van der Waals surface area contributed by atoms with Crippen molar-refractivity contribution in [2.45, 2.75) is 39.3 Å². The van der Waals surface area contributed by atoms with Gasteiger partial charge in [-0.05, 0) is 13.3 Å². The maximum atomic E-state index is 9.42. The number of nitrogens with zero attached hydrogens (tertiary/aromatic N) is 1. The standard InChI is InChI=1S/C12H25NO3/c1-4-12(3,9-15)8-13-5-11(6-14)16-7-10(13)2/h10-11,14-15H,4-9H2,1-3H3. The molecule has 4 heteroatoms. The molecule has 0 spiro atoms. The number of aliphatic hydroxyl groups is 2. The van der Waals surface area contributed by atoms with Crippen molar-refractivity contribution in [1.29, 1.82) is 0 Å². The Balaban J connectivity index is 2.56. The Labute approximate surface area is 98.2 Å². The summed E-state index contributed by atoms with van der Waals surface area (Å²) in [6, 6.07) is 0.361. The first-order chi connectivity index (χ1) is 7.54. The molecule has 1 rings (SSSR count). The Kier molecular flexibility index (Phi) is 5.18. The van der Waals surface area contributed by atoms with Crippen LogP contribution in [-0.2, 0) is 4.74 Å². The smallest absolute Gasteiger partial charge is 0.0933 e. The molecule has 3 atom stereocenters. The molecule has 0 aromatic heterocycles. The second-order valence-corrected chi connectivity index (χ2v) is 5.24. The van der Waals surface area contributed by atoms with Gasteiger partial charge in [-0.1, -0.05) is 13.8 Å². The van der Waals surface area contributed by atoms with Crippen LogP contribution >= 0.6 is 0 Å². The van der Waals surface area contributed by atoms with Gasteiger partial charge in [0, 0.05) is 31.2 Å². The van der Waals surface area contributed by atoms with Crippen LogP contribution < -0.4 is 0 Å². The van der Waals surface area contributed by atoms with Gasteiger partial charge in [0.05, 0.1) is 19.3 Å². The van der Waals surface area contributed by atoms with E-state index in [-0.39, 0.29) is 24.7 Å². The summed E-state index contributed by atoms with van der Waals surface area (Å²) in [7, 11) is 0. The molecular weight excluding hydrogens is 206 g/mol. The van der Waals surface area contributed by atoms with Crippen LogP contribution in [0.25, 0.3) is 0 Å². The van der Waals surface area contributed by atoms with E-state index in [1.54, 1.807) is 0 Å². The monoisotopic (exact) mass is 231 g/mol. The fourth-order valence-electron chi connectivity index (χ4n) is 1.97. The van der Waals surface area contributed by atoms with Crippen molar-refractivity contribution in [1.82, 2.24) is 4.90 Å². The van der Waals surface area contributed by atoms with E-state index in [1.807, 2.05) is 0 Å². The van der Waals surface area contributed by atoms with E-state index in [4.69, 9.17) is 9.84 Å². The maximum Gasteiger partial charge on any atom is 0.0933 e. The summed E-state index contributed by atoms with van der Waals surface area (Å²) >= 11 is 0. The molecule has 1 fully saturated rings. The topological polar surface area (TPSA) is 52.9 Å². The lowest BCUT2D eigenvalue weighted by Crippen LogP contribution is -2.53. The van der Waals surface area contributed by atoms with E-state index in [2.05, 4.69) is 25.7 Å². The summed E-state index contributed by atoms with van der Waals surface area (Å²) in [5, 5.41) is 18.5. The summed E-state index contributed by atoms with van der Waals surface area (Å²) in [4.78, 5) is 2.31. The fraction of sp³-hybridized carbons (Fsp3) is 1.00. The minimum atomic E-state index is -0.0731. The molecular formula is C12H25NO3. The van der Waals surface area contributed by atoms with Crippen molar-refractivity contribution in [3.63, 3.8) is 0 Å². The molecule has 3 unspecified atom stereocenters. The molecule has 1 heterocycles. The van der Waals surface area contributed by atoms with E-state index >= 15 is 0 Å². The van der Waals surface area contributed by atoms with Crippen molar-refractivity contribution >= 4 is 0 Å². The number of aliphatic hydroxyl groups excluding tert-OH is 2. The van der Waals surface area contributed by atoms with Crippen LogP contribution in [0.5, 0.6) is 0 Å². The highest BCUT2D eigenvalue weighted by atomic mass is 16.5.